The first-order valence-corrected chi connectivity index (χ1v) is 8.08. The summed E-state index contributed by atoms with van der Waals surface area (Å²) in [6.07, 6.45) is 2.55. The minimum atomic E-state index is 0. The van der Waals surface area contributed by atoms with Gasteiger partial charge >= 0.3 is 0 Å². The molecule has 0 aliphatic carbocycles. The standard InChI is InChI=1S/C17H28N4O.HI/c1-4-18-17(20-13-15-8-6-10-21(15)2)19-12-14-7-5-9-16(11-14)22-3;/h5,7,9,11,15H,4,6,8,10,12-13H2,1-3H3,(H2,18,19,20);1H. The van der Waals surface area contributed by atoms with E-state index in [2.05, 4.69) is 40.6 Å². The van der Waals surface area contributed by atoms with E-state index in [1.165, 1.54) is 19.4 Å². The van der Waals surface area contributed by atoms with Crippen LogP contribution in [0.15, 0.2) is 29.3 Å². The zero-order chi connectivity index (χ0) is 15.8. The Hall–Kier alpha value is -1.02. The first kappa shape index (κ1) is 20.0. The zero-order valence-corrected chi connectivity index (χ0v) is 16.7. The number of nitrogens with one attached hydrogen (secondary N) is 2. The zero-order valence-electron chi connectivity index (χ0n) is 14.3. The van der Waals surface area contributed by atoms with Crippen LogP contribution in [-0.4, -0.2) is 50.7 Å². The summed E-state index contributed by atoms with van der Waals surface area (Å²) in [7, 11) is 3.88. The summed E-state index contributed by atoms with van der Waals surface area (Å²) in [5.74, 6) is 1.75. The molecule has 1 aliphatic heterocycles. The van der Waals surface area contributed by atoms with Crippen LogP contribution < -0.4 is 15.4 Å². The molecular formula is C17H29IN4O. The molecule has 1 aromatic rings. The molecule has 1 heterocycles. The van der Waals surface area contributed by atoms with E-state index in [-0.39, 0.29) is 24.0 Å². The van der Waals surface area contributed by atoms with E-state index >= 15 is 0 Å². The minimum absolute atomic E-state index is 0. The number of halogens is 1. The number of methoxy groups -OCH3 is 1. The molecule has 1 aliphatic rings. The highest BCUT2D eigenvalue weighted by Gasteiger charge is 2.20. The molecule has 2 N–H and O–H groups in total. The van der Waals surface area contributed by atoms with Crippen molar-refractivity contribution >= 4 is 29.9 Å². The summed E-state index contributed by atoms with van der Waals surface area (Å²) in [4.78, 5) is 7.08. The summed E-state index contributed by atoms with van der Waals surface area (Å²) in [5, 5.41) is 6.77. The van der Waals surface area contributed by atoms with Crippen LogP contribution >= 0.6 is 24.0 Å². The summed E-state index contributed by atoms with van der Waals surface area (Å²) < 4.78 is 5.25. The third-order valence-corrected chi connectivity index (χ3v) is 4.07. The smallest absolute Gasteiger partial charge is 0.191 e. The number of hydrogen-bond acceptors (Lipinski definition) is 3. The van der Waals surface area contributed by atoms with Gasteiger partial charge in [0.25, 0.3) is 0 Å². The molecule has 1 aromatic carbocycles. The average Bonchev–Trinajstić information content (AvgIpc) is 2.95. The number of likely N-dealkylation sites (tertiary alicyclic amines) is 1. The van der Waals surface area contributed by atoms with E-state index in [1.54, 1.807) is 7.11 Å². The van der Waals surface area contributed by atoms with Gasteiger partial charge in [0.05, 0.1) is 13.7 Å². The van der Waals surface area contributed by atoms with Crippen molar-refractivity contribution in [2.45, 2.75) is 32.4 Å². The lowest BCUT2D eigenvalue weighted by Crippen LogP contribution is -2.44. The molecule has 0 radical (unpaired) electrons. The Labute approximate surface area is 156 Å². The molecule has 5 nitrogen and oxygen atoms in total. The molecule has 0 aromatic heterocycles. The Bertz CT molecular complexity index is 495. The Morgan fingerprint density at radius 1 is 1.39 bits per heavy atom. The predicted octanol–water partition coefficient (Wildman–Crippen LogP) is 2.46. The van der Waals surface area contributed by atoms with Gasteiger partial charge in [0.2, 0.25) is 0 Å². The largest absolute Gasteiger partial charge is 0.497 e. The molecule has 0 amide bonds. The second kappa shape index (κ2) is 10.7. The fraction of sp³-hybridized carbons (Fsp3) is 0.588. The molecule has 23 heavy (non-hydrogen) atoms. The van der Waals surface area contributed by atoms with Crippen LogP contribution in [-0.2, 0) is 6.54 Å². The summed E-state index contributed by atoms with van der Waals surface area (Å²) >= 11 is 0. The maximum Gasteiger partial charge on any atom is 0.191 e. The summed E-state index contributed by atoms with van der Waals surface area (Å²) in [6, 6.07) is 8.66. The molecule has 0 spiro atoms. The Morgan fingerprint density at radius 3 is 2.87 bits per heavy atom. The SMILES string of the molecule is CCNC(=NCc1cccc(OC)c1)NCC1CCCN1C.I. The lowest BCUT2D eigenvalue weighted by molar-refractivity contribution is 0.309. The van der Waals surface area contributed by atoms with Crippen molar-refractivity contribution in [3.63, 3.8) is 0 Å². The van der Waals surface area contributed by atoms with Crippen molar-refractivity contribution in [3.8, 4) is 5.75 Å². The van der Waals surface area contributed by atoms with Crippen LogP contribution in [0.5, 0.6) is 5.75 Å². The number of nitrogens with zero attached hydrogens (tertiary/aromatic N) is 2. The van der Waals surface area contributed by atoms with Crippen LogP contribution in [0.2, 0.25) is 0 Å². The number of benzene rings is 1. The van der Waals surface area contributed by atoms with Crippen LogP contribution in [0.25, 0.3) is 0 Å². The van der Waals surface area contributed by atoms with Crippen molar-refractivity contribution < 1.29 is 4.74 Å². The van der Waals surface area contributed by atoms with Crippen molar-refractivity contribution in [1.82, 2.24) is 15.5 Å². The lowest BCUT2D eigenvalue weighted by Gasteiger charge is -2.21. The maximum atomic E-state index is 5.25. The maximum absolute atomic E-state index is 5.25. The number of guanidine groups is 1. The molecule has 0 saturated carbocycles. The second-order valence-corrected chi connectivity index (χ2v) is 5.70. The molecule has 6 heteroatoms. The molecule has 1 saturated heterocycles. The van der Waals surface area contributed by atoms with E-state index in [0.717, 1.165) is 30.4 Å². The number of aliphatic imine (C=N–C) groups is 1. The first-order valence-electron chi connectivity index (χ1n) is 8.08. The van der Waals surface area contributed by atoms with Crippen LogP contribution in [0.3, 0.4) is 0 Å². The normalized spacial score (nSPS) is 18.4. The van der Waals surface area contributed by atoms with Gasteiger partial charge < -0.3 is 20.3 Å². The second-order valence-electron chi connectivity index (χ2n) is 5.70. The van der Waals surface area contributed by atoms with Gasteiger partial charge in [-0.05, 0) is 51.1 Å². The molecule has 2 rings (SSSR count). The molecule has 130 valence electrons. The fourth-order valence-electron chi connectivity index (χ4n) is 2.73. The van der Waals surface area contributed by atoms with Crippen molar-refractivity contribution in [2.24, 2.45) is 4.99 Å². The monoisotopic (exact) mass is 432 g/mol. The Morgan fingerprint density at radius 2 is 2.22 bits per heavy atom. The highest BCUT2D eigenvalue weighted by Crippen LogP contribution is 2.14. The van der Waals surface area contributed by atoms with Gasteiger partial charge in [-0.3, -0.25) is 0 Å². The summed E-state index contributed by atoms with van der Waals surface area (Å²) in [5.41, 5.74) is 1.15. The van der Waals surface area contributed by atoms with Crippen LogP contribution in [0, 0.1) is 0 Å². The topological polar surface area (TPSA) is 48.9 Å². The lowest BCUT2D eigenvalue weighted by atomic mass is 10.2. The van der Waals surface area contributed by atoms with Gasteiger partial charge in [-0.25, -0.2) is 4.99 Å². The van der Waals surface area contributed by atoms with E-state index in [1.807, 2.05) is 18.2 Å². The number of likely N-dealkylation sites (N-methyl/N-ethyl adjacent to an activating group) is 1. The quantitative estimate of drug-likeness (QED) is 0.412. The highest BCUT2D eigenvalue weighted by molar-refractivity contribution is 14.0. The van der Waals surface area contributed by atoms with Crippen LogP contribution in [0.4, 0.5) is 0 Å². The van der Waals surface area contributed by atoms with Gasteiger partial charge in [0.1, 0.15) is 5.75 Å². The number of ether oxygens (including phenoxy) is 1. The molecule has 1 atom stereocenters. The fourth-order valence-corrected chi connectivity index (χ4v) is 2.73. The Kier molecular flexibility index (Phi) is 9.31. The predicted molar refractivity (Wildman–Crippen MR) is 107 cm³/mol. The third-order valence-electron chi connectivity index (χ3n) is 4.07. The molecule has 0 bridgehead atoms. The van der Waals surface area contributed by atoms with Gasteiger partial charge in [-0.15, -0.1) is 24.0 Å². The van der Waals surface area contributed by atoms with E-state index in [0.29, 0.717) is 12.6 Å². The Balaban J connectivity index is 0.00000264. The number of rotatable bonds is 6. The van der Waals surface area contributed by atoms with Crippen molar-refractivity contribution in [2.75, 3.05) is 33.8 Å². The molecule has 1 unspecified atom stereocenters. The number of hydrogen-bond donors (Lipinski definition) is 2. The first-order chi connectivity index (χ1) is 10.7. The van der Waals surface area contributed by atoms with Crippen molar-refractivity contribution in [1.29, 1.82) is 0 Å². The van der Waals surface area contributed by atoms with Gasteiger partial charge in [-0.1, -0.05) is 12.1 Å². The highest BCUT2D eigenvalue weighted by atomic mass is 127. The van der Waals surface area contributed by atoms with Gasteiger partial charge in [-0.2, -0.15) is 0 Å². The molecular weight excluding hydrogens is 403 g/mol. The van der Waals surface area contributed by atoms with E-state index in [4.69, 9.17) is 4.74 Å². The molecule has 1 fully saturated rings. The minimum Gasteiger partial charge on any atom is -0.497 e. The van der Waals surface area contributed by atoms with E-state index in [9.17, 15) is 0 Å². The van der Waals surface area contributed by atoms with E-state index < -0.39 is 0 Å². The van der Waals surface area contributed by atoms with Gasteiger partial charge in [0.15, 0.2) is 5.96 Å². The average molecular weight is 432 g/mol. The summed E-state index contributed by atoms with van der Waals surface area (Å²) in [6.45, 7) is 5.74. The third kappa shape index (κ3) is 6.55. The van der Waals surface area contributed by atoms with Crippen LogP contribution in [0.1, 0.15) is 25.3 Å². The van der Waals surface area contributed by atoms with Gasteiger partial charge in [0, 0.05) is 19.1 Å². The van der Waals surface area contributed by atoms with Crippen molar-refractivity contribution in [3.05, 3.63) is 29.8 Å².